The first-order valence-electron chi connectivity index (χ1n) is 6.27. The van der Waals surface area contributed by atoms with E-state index < -0.39 is 0 Å². The minimum Gasteiger partial charge on any atom is -0.399 e. The molecule has 0 saturated heterocycles. The lowest BCUT2D eigenvalue weighted by atomic mass is 9.94. The van der Waals surface area contributed by atoms with Gasteiger partial charge in [-0.2, -0.15) is 0 Å². The number of rotatable bonds is 3. The van der Waals surface area contributed by atoms with Crippen LogP contribution in [0.1, 0.15) is 22.7 Å². The van der Waals surface area contributed by atoms with Crippen LogP contribution in [0.2, 0.25) is 0 Å². The fraction of sp³-hybridized carbons (Fsp3) is 0.250. The average molecular weight is 319 g/mol. The molecule has 0 radical (unpaired) electrons. The zero-order chi connectivity index (χ0) is 14.0. The number of hydrogen-bond donors (Lipinski definition) is 1. The van der Waals surface area contributed by atoms with Gasteiger partial charge in [0.2, 0.25) is 0 Å². The zero-order valence-electron chi connectivity index (χ0n) is 11.5. The lowest BCUT2D eigenvalue weighted by molar-refractivity contribution is 0.341. The van der Waals surface area contributed by atoms with Crippen LogP contribution in [-0.2, 0) is 0 Å². The summed E-state index contributed by atoms with van der Waals surface area (Å²) in [6.45, 7) is 2.15. The SMILES string of the molecule is Cc1ccc(Br)cc1C(c1ccc(N)cc1)N(C)C. The summed E-state index contributed by atoms with van der Waals surface area (Å²) in [4.78, 5) is 2.22. The van der Waals surface area contributed by atoms with Crippen molar-refractivity contribution in [2.24, 2.45) is 0 Å². The van der Waals surface area contributed by atoms with Gasteiger partial charge in [-0.3, -0.25) is 4.90 Å². The van der Waals surface area contributed by atoms with E-state index in [9.17, 15) is 0 Å². The van der Waals surface area contributed by atoms with Gasteiger partial charge in [0.1, 0.15) is 0 Å². The smallest absolute Gasteiger partial charge is 0.0599 e. The van der Waals surface area contributed by atoms with Crippen LogP contribution in [0.4, 0.5) is 5.69 Å². The van der Waals surface area contributed by atoms with E-state index in [4.69, 9.17) is 5.73 Å². The molecule has 0 fully saturated rings. The fourth-order valence-corrected chi connectivity index (χ4v) is 2.72. The van der Waals surface area contributed by atoms with E-state index in [1.54, 1.807) is 0 Å². The first kappa shape index (κ1) is 14.1. The molecule has 0 amide bonds. The molecule has 1 unspecified atom stereocenters. The van der Waals surface area contributed by atoms with Gasteiger partial charge in [0.05, 0.1) is 6.04 Å². The number of halogens is 1. The number of benzene rings is 2. The molecule has 0 heterocycles. The molecule has 2 rings (SSSR count). The van der Waals surface area contributed by atoms with E-state index in [-0.39, 0.29) is 6.04 Å². The van der Waals surface area contributed by atoms with Crippen LogP contribution in [0.3, 0.4) is 0 Å². The van der Waals surface area contributed by atoms with Gasteiger partial charge in [-0.1, -0.05) is 34.1 Å². The number of anilines is 1. The number of aryl methyl sites for hydroxylation is 1. The second-order valence-electron chi connectivity index (χ2n) is 5.03. The molecule has 0 aromatic heterocycles. The highest BCUT2D eigenvalue weighted by Crippen LogP contribution is 2.31. The molecule has 100 valence electrons. The summed E-state index contributed by atoms with van der Waals surface area (Å²) in [5.74, 6) is 0. The van der Waals surface area contributed by atoms with E-state index in [0.717, 1.165) is 10.2 Å². The van der Waals surface area contributed by atoms with Crippen LogP contribution >= 0.6 is 15.9 Å². The number of hydrogen-bond acceptors (Lipinski definition) is 2. The van der Waals surface area contributed by atoms with Gasteiger partial charge in [0.25, 0.3) is 0 Å². The Kier molecular flexibility index (Phi) is 4.27. The molecule has 0 aliphatic rings. The molecule has 0 saturated carbocycles. The van der Waals surface area contributed by atoms with Gasteiger partial charge in [-0.25, -0.2) is 0 Å². The topological polar surface area (TPSA) is 29.3 Å². The van der Waals surface area contributed by atoms with Gasteiger partial charge >= 0.3 is 0 Å². The van der Waals surface area contributed by atoms with E-state index in [1.807, 2.05) is 12.1 Å². The maximum absolute atomic E-state index is 5.77. The van der Waals surface area contributed by atoms with Crippen molar-refractivity contribution >= 4 is 21.6 Å². The number of nitrogens with two attached hydrogens (primary N) is 1. The predicted molar refractivity (Wildman–Crippen MR) is 85.3 cm³/mol. The molecule has 2 nitrogen and oxygen atoms in total. The highest BCUT2D eigenvalue weighted by atomic mass is 79.9. The summed E-state index contributed by atoms with van der Waals surface area (Å²) in [5.41, 5.74) is 10.4. The summed E-state index contributed by atoms with van der Waals surface area (Å²) in [6.07, 6.45) is 0. The summed E-state index contributed by atoms with van der Waals surface area (Å²) >= 11 is 3.56. The first-order valence-corrected chi connectivity index (χ1v) is 7.06. The molecular formula is C16H19BrN2. The average Bonchev–Trinajstić information content (AvgIpc) is 2.36. The van der Waals surface area contributed by atoms with Gasteiger partial charge in [0, 0.05) is 10.2 Å². The van der Waals surface area contributed by atoms with Crippen LogP contribution in [0, 0.1) is 6.92 Å². The molecule has 19 heavy (non-hydrogen) atoms. The molecule has 3 heteroatoms. The van der Waals surface area contributed by atoms with E-state index in [1.165, 1.54) is 16.7 Å². The summed E-state index contributed by atoms with van der Waals surface area (Å²) in [6, 6.07) is 14.8. The molecule has 0 spiro atoms. The molecule has 0 bridgehead atoms. The molecular weight excluding hydrogens is 300 g/mol. The minimum atomic E-state index is 0.234. The summed E-state index contributed by atoms with van der Waals surface area (Å²) in [5, 5.41) is 0. The Labute approximate surface area is 123 Å². The van der Waals surface area contributed by atoms with Crippen molar-refractivity contribution in [3.63, 3.8) is 0 Å². The summed E-state index contributed by atoms with van der Waals surface area (Å²) < 4.78 is 1.11. The lowest BCUT2D eigenvalue weighted by Crippen LogP contribution is -2.22. The minimum absolute atomic E-state index is 0.234. The molecule has 2 aromatic carbocycles. The van der Waals surface area contributed by atoms with Gasteiger partial charge in [-0.15, -0.1) is 0 Å². The highest BCUT2D eigenvalue weighted by Gasteiger charge is 2.18. The third kappa shape index (κ3) is 3.17. The summed E-state index contributed by atoms with van der Waals surface area (Å²) in [7, 11) is 4.20. The van der Waals surface area contributed by atoms with Crippen LogP contribution < -0.4 is 5.73 Å². The van der Waals surface area contributed by atoms with E-state index in [2.05, 4.69) is 72.2 Å². The van der Waals surface area contributed by atoms with Crippen molar-refractivity contribution in [1.82, 2.24) is 4.90 Å². The third-order valence-corrected chi connectivity index (χ3v) is 3.80. The number of nitrogens with zero attached hydrogens (tertiary/aromatic N) is 1. The highest BCUT2D eigenvalue weighted by molar-refractivity contribution is 9.10. The van der Waals surface area contributed by atoms with Crippen molar-refractivity contribution in [1.29, 1.82) is 0 Å². The quantitative estimate of drug-likeness (QED) is 0.867. The fourth-order valence-electron chi connectivity index (χ4n) is 2.34. The van der Waals surface area contributed by atoms with Crippen LogP contribution in [-0.4, -0.2) is 19.0 Å². The Bertz CT molecular complexity index is 561. The van der Waals surface area contributed by atoms with Crippen LogP contribution in [0.5, 0.6) is 0 Å². The lowest BCUT2D eigenvalue weighted by Gasteiger charge is -2.27. The Balaban J connectivity index is 2.51. The van der Waals surface area contributed by atoms with Gasteiger partial charge in [0.15, 0.2) is 0 Å². The monoisotopic (exact) mass is 318 g/mol. The van der Waals surface area contributed by atoms with E-state index >= 15 is 0 Å². The molecule has 0 aliphatic heterocycles. The van der Waals surface area contributed by atoms with Crippen molar-refractivity contribution in [2.45, 2.75) is 13.0 Å². The maximum atomic E-state index is 5.77. The van der Waals surface area contributed by atoms with Crippen molar-refractivity contribution < 1.29 is 0 Å². The molecule has 2 aromatic rings. The largest absolute Gasteiger partial charge is 0.399 e. The third-order valence-electron chi connectivity index (χ3n) is 3.30. The Morgan fingerprint density at radius 2 is 1.68 bits per heavy atom. The Hall–Kier alpha value is -1.32. The second kappa shape index (κ2) is 5.76. The molecule has 2 N–H and O–H groups in total. The maximum Gasteiger partial charge on any atom is 0.0599 e. The first-order chi connectivity index (χ1) is 8.99. The van der Waals surface area contributed by atoms with Gasteiger partial charge in [-0.05, 0) is 62.0 Å². The van der Waals surface area contributed by atoms with Crippen LogP contribution in [0.25, 0.3) is 0 Å². The molecule has 1 atom stereocenters. The standard InChI is InChI=1S/C16H19BrN2/c1-11-4-7-13(17)10-15(11)16(19(2)3)12-5-8-14(18)9-6-12/h4-10,16H,18H2,1-3H3. The van der Waals surface area contributed by atoms with Gasteiger partial charge < -0.3 is 5.73 Å². The normalized spacial score (nSPS) is 12.7. The van der Waals surface area contributed by atoms with E-state index in [0.29, 0.717) is 0 Å². The van der Waals surface area contributed by atoms with Crippen molar-refractivity contribution in [3.8, 4) is 0 Å². The number of nitrogen functional groups attached to an aromatic ring is 1. The Morgan fingerprint density at radius 1 is 1.05 bits per heavy atom. The van der Waals surface area contributed by atoms with Crippen LogP contribution in [0.15, 0.2) is 46.9 Å². The molecule has 0 aliphatic carbocycles. The Morgan fingerprint density at radius 3 is 2.26 bits per heavy atom. The van der Waals surface area contributed by atoms with Crippen molar-refractivity contribution in [2.75, 3.05) is 19.8 Å². The predicted octanol–water partition coefficient (Wildman–Crippen LogP) is 3.99. The van der Waals surface area contributed by atoms with Crippen molar-refractivity contribution in [3.05, 3.63) is 63.6 Å². The second-order valence-corrected chi connectivity index (χ2v) is 5.95. The zero-order valence-corrected chi connectivity index (χ0v) is 13.1.